The van der Waals surface area contributed by atoms with Crippen molar-refractivity contribution in [2.75, 3.05) is 6.54 Å². The lowest BCUT2D eigenvalue weighted by molar-refractivity contribution is 0.0953. The van der Waals surface area contributed by atoms with Crippen LogP contribution in [0.4, 0.5) is 4.39 Å². The number of fused-ring (bicyclic) bond motifs is 1. The molecule has 0 radical (unpaired) electrons. The predicted octanol–water partition coefficient (Wildman–Crippen LogP) is 5.10. The van der Waals surface area contributed by atoms with Crippen molar-refractivity contribution in [1.29, 1.82) is 0 Å². The highest BCUT2D eigenvalue weighted by Gasteiger charge is 2.15. The molecule has 0 aliphatic carbocycles. The van der Waals surface area contributed by atoms with E-state index in [1.54, 1.807) is 42.7 Å². The number of nitrogens with zero attached hydrogens (tertiary/aromatic N) is 3. The molecule has 0 bridgehead atoms. The molecule has 0 spiro atoms. The van der Waals surface area contributed by atoms with E-state index in [1.165, 1.54) is 12.1 Å². The van der Waals surface area contributed by atoms with E-state index in [2.05, 4.69) is 20.3 Å². The second-order valence-corrected chi connectivity index (χ2v) is 8.26. The second-order valence-electron chi connectivity index (χ2n) is 8.26. The molecule has 0 saturated heterocycles. The van der Waals surface area contributed by atoms with Crippen molar-refractivity contribution in [2.45, 2.75) is 19.4 Å². The van der Waals surface area contributed by atoms with Crippen molar-refractivity contribution < 1.29 is 13.9 Å². The molecule has 8 heteroatoms. The van der Waals surface area contributed by atoms with Crippen LogP contribution < -0.4 is 10.1 Å². The van der Waals surface area contributed by atoms with Gasteiger partial charge < -0.3 is 15.0 Å². The molecule has 180 valence electrons. The van der Waals surface area contributed by atoms with Gasteiger partial charge in [0.2, 0.25) is 5.88 Å². The average molecular weight is 482 g/mol. The molecule has 5 rings (SSSR count). The molecule has 0 atom stereocenters. The standard InChI is InChI=1S/C28H24FN5O2/c29-22-11-8-20(9-12-22)26-28(36-18-19-5-2-1-3-6-19)34-23-13-10-21(17-24(23)33-26)27(35)32-14-4-7-25-30-15-16-31-25/h1-3,5-6,8-13,15-17H,4,7,14,18H2,(H,30,31)(H,32,35). The number of aryl methyl sites for hydroxylation is 1. The summed E-state index contributed by atoms with van der Waals surface area (Å²) in [7, 11) is 0. The second kappa shape index (κ2) is 10.8. The summed E-state index contributed by atoms with van der Waals surface area (Å²) in [5.74, 6) is 0.702. The van der Waals surface area contributed by atoms with Crippen LogP contribution in [0.2, 0.25) is 0 Å². The first-order valence-corrected chi connectivity index (χ1v) is 11.7. The monoisotopic (exact) mass is 481 g/mol. The lowest BCUT2D eigenvalue weighted by atomic mass is 10.1. The molecule has 2 aromatic heterocycles. The predicted molar refractivity (Wildman–Crippen MR) is 135 cm³/mol. The summed E-state index contributed by atoms with van der Waals surface area (Å²) in [4.78, 5) is 29.4. The van der Waals surface area contributed by atoms with Crippen LogP contribution in [0.15, 0.2) is 85.2 Å². The van der Waals surface area contributed by atoms with Crippen LogP contribution in [0.1, 0.15) is 28.2 Å². The number of aromatic nitrogens is 4. The molecule has 0 saturated carbocycles. The maximum absolute atomic E-state index is 13.6. The molecule has 5 aromatic rings. The summed E-state index contributed by atoms with van der Waals surface area (Å²) >= 11 is 0. The van der Waals surface area contributed by atoms with Gasteiger partial charge in [-0.05, 0) is 54.4 Å². The van der Waals surface area contributed by atoms with Crippen LogP contribution in [0.25, 0.3) is 22.3 Å². The zero-order chi connectivity index (χ0) is 24.7. The molecule has 0 aliphatic rings. The number of ether oxygens (including phenoxy) is 1. The van der Waals surface area contributed by atoms with Crippen molar-refractivity contribution in [1.82, 2.24) is 25.3 Å². The number of rotatable bonds is 9. The minimum absolute atomic E-state index is 0.189. The third-order valence-electron chi connectivity index (χ3n) is 5.66. The number of benzene rings is 3. The summed E-state index contributed by atoms with van der Waals surface area (Å²) in [5, 5.41) is 2.93. The summed E-state index contributed by atoms with van der Waals surface area (Å²) in [6, 6.07) is 20.9. The number of H-pyrrole nitrogens is 1. The quantitative estimate of drug-likeness (QED) is 0.286. The highest BCUT2D eigenvalue weighted by Crippen LogP contribution is 2.30. The topological polar surface area (TPSA) is 92.8 Å². The number of hydrogen-bond donors (Lipinski definition) is 2. The van der Waals surface area contributed by atoms with Gasteiger partial charge in [0.1, 0.15) is 23.9 Å². The van der Waals surface area contributed by atoms with Crippen LogP contribution in [-0.4, -0.2) is 32.4 Å². The van der Waals surface area contributed by atoms with E-state index in [4.69, 9.17) is 9.72 Å². The minimum Gasteiger partial charge on any atom is -0.471 e. The number of imidazole rings is 1. The number of amides is 1. The summed E-state index contributed by atoms with van der Waals surface area (Å²) < 4.78 is 19.6. The van der Waals surface area contributed by atoms with Crippen LogP contribution in [0.3, 0.4) is 0 Å². The van der Waals surface area contributed by atoms with Gasteiger partial charge in [0.15, 0.2) is 0 Å². The Morgan fingerprint density at radius 1 is 0.972 bits per heavy atom. The minimum atomic E-state index is -0.342. The van der Waals surface area contributed by atoms with E-state index in [0.29, 0.717) is 46.9 Å². The van der Waals surface area contributed by atoms with Gasteiger partial charge in [0.25, 0.3) is 5.91 Å². The summed E-state index contributed by atoms with van der Waals surface area (Å²) in [6.07, 6.45) is 5.01. The normalized spacial score (nSPS) is 10.9. The number of halogens is 1. The molecule has 0 fully saturated rings. The third-order valence-corrected chi connectivity index (χ3v) is 5.66. The van der Waals surface area contributed by atoms with E-state index in [1.807, 2.05) is 30.3 Å². The molecule has 3 aromatic carbocycles. The van der Waals surface area contributed by atoms with Crippen molar-refractivity contribution >= 4 is 16.9 Å². The molecule has 36 heavy (non-hydrogen) atoms. The van der Waals surface area contributed by atoms with Crippen molar-refractivity contribution in [2.24, 2.45) is 0 Å². The average Bonchev–Trinajstić information content (AvgIpc) is 3.44. The number of nitrogens with one attached hydrogen (secondary N) is 2. The Bertz CT molecular complexity index is 1460. The molecule has 0 unspecified atom stereocenters. The molecular formula is C28H24FN5O2. The van der Waals surface area contributed by atoms with Crippen LogP contribution in [-0.2, 0) is 13.0 Å². The van der Waals surface area contributed by atoms with Crippen LogP contribution in [0, 0.1) is 5.82 Å². The van der Waals surface area contributed by atoms with Crippen molar-refractivity contribution in [3.8, 4) is 17.1 Å². The lowest BCUT2D eigenvalue weighted by Gasteiger charge is -2.12. The van der Waals surface area contributed by atoms with E-state index in [0.717, 1.165) is 24.2 Å². The zero-order valence-electron chi connectivity index (χ0n) is 19.4. The van der Waals surface area contributed by atoms with E-state index in [9.17, 15) is 9.18 Å². The van der Waals surface area contributed by atoms with Gasteiger partial charge in [0, 0.05) is 36.5 Å². The van der Waals surface area contributed by atoms with Crippen LogP contribution in [0.5, 0.6) is 5.88 Å². The fraction of sp³-hybridized carbons (Fsp3) is 0.143. The zero-order valence-corrected chi connectivity index (χ0v) is 19.4. The van der Waals surface area contributed by atoms with Gasteiger partial charge in [-0.2, -0.15) is 0 Å². The Balaban J connectivity index is 1.38. The van der Waals surface area contributed by atoms with E-state index in [-0.39, 0.29) is 11.7 Å². The number of carbonyl (C=O) groups excluding carboxylic acids is 1. The molecule has 7 nitrogen and oxygen atoms in total. The van der Waals surface area contributed by atoms with Crippen molar-refractivity contribution in [3.63, 3.8) is 0 Å². The Hall–Kier alpha value is -4.59. The third kappa shape index (κ3) is 5.55. The maximum Gasteiger partial charge on any atom is 0.251 e. The first kappa shape index (κ1) is 23.2. The number of carbonyl (C=O) groups is 1. The lowest BCUT2D eigenvalue weighted by Crippen LogP contribution is -2.24. The van der Waals surface area contributed by atoms with Gasteiger partial charge in [-0.3, -0.25) is 4.79 Å². The summed E-state index contributed by atoms with van der Waals surface area (Å²) in [5.41, 5.74) is 3.76. The Morgan fingerprint density at radius 3 is 2.58 bits per heavy atom. The van der Waals surface area contributed by atoms with Gasteiger partial charge in [-0.15, -0.1) is 0 Å². The van der Waals surface area contributed by atoms with E-state index >= 15 is 0 Å². The fourth-order valence-electron chi connectivity index (χ4n) is 3.80. The molecule has 1 amide bonds. The molecular weight excluding hydrogens is 457 g/mol. The highest BCUT2D eigenvalue weighted by molar-refractivity contribution is 5.97. The van der Waals surface area contributed by atoms with Crippen molar-refractivity contribution in [3.05, 3.63) is 108 Å². The van der Waals surface area contributed by atoms with Gasteiger partial charge in [-0.1, -0.05) is 30.3 Å². The Kier molecular flexibility index (Phi) is 6.93. The Labute approximate surface area is 207 Å². The highest BCUT2D eigenvalue weighted by atomic mass is 19.1. The van der Waals surface area contributed by atoms with Gasteiger partial charge in [0.05, 0.1) is 11.0 Å². The molecule has 0 aliphatic heterocycles. The largest absolute Gasteiger partial charge is 0.471 e. The number of aromatic amines is 1. The molecule has 2 heterocycles. The first-order valence-electron chi connectivity index (χ1n) is 11.7. The number of hydrogen-bond acceptors (Lipinski definition) is 5. The van der Waals surface area contributed by atoms with Gasteiger partial charge in [-0.25, -0.2) is 19.3 Å². The molecule has 2 N–H and O–H groups in total. The fourth-order valence-corrected chi connectivity index (χ4v) is 3.80. The maximum atomic E-state index is 13.6. The Morgan fingerprint density at radius 2 is 1.81 bits per heavy atom. The van der Waals surface area contributed by atoms with Gasteiger partial charge >= 0.3 is 0 Å². The smallest absolute Gasteiger partial charge is 0.251 e. The summed E-state index contributed by atoms with van der Waals surface area (Å²) in [6.45, 7) is 0.837. The van der Waals surface area contributed by atoms with E-state index < -0.39 is 0 Å². The SMILES string of the molecule is O=C(NCCCc1ncc[nH]1)c1ccc2nc(OCc3ccccc3)c(-c3ccc(F)cc3)nc2c1. The van der Waals surface area contributed by atoms with Crippen LogP contribution >= 0.6 is 0 Å². The first-order chi connectivity index (χ1) is 17.7.